The van der Waals surface area contributed by atoms with Gasteiger partial charge in [-0.1, -0.05) is 39.5 Å². The van der Waals surface area contributed by atoms with Crippen LogP contribution >= 0.6 is 11.8 Å². The van der Waals surface area contributed by atoms with E-state index < -0.39 is 0 Å². The van der Waals surface area contributed by atoms with Gasteiger partial charge in [0.15, 0.2) is 5.16 Å². The summed E-state index contributed by atoms with van der Waals surface area (Å²) >= 11 is 1.60. The van der Waals surface area contributed by atoms with Crippen molar-refractivity contribution in [1.82, 2.24) is 15.0 Å². The Balaban J connectivity index is 2.88. The first kappa shape index (κ1) is 14.0. The third-order valence-electron chi connectivity index (χ3n) is 1.65. The molecule has 0 aliphatic heterocycles. The second kappa shape index (κ2) is 6.05. The highest BCUT2D eigenvalue weighted by atomic mass is 32.2. The molecular weight excluding hydrogens is 236 g/mol. The summed E-state index contributed by atoms with van der Waals surface area (Å²) in [7, 11) is 1.78. The van der Waals surface area contributed by atoms with E-state index in [0.717, 1.165) is 6.42 Å². The van der Waals surface area contributed by atoms with Crippen LogP contribution in [0.4, 0.5) is 5.95 Å². The summed E-state index contributed by atoms with van der Waals surface area (Å²) in [5.41, 5.74) is 0. The molecule has 6 heteroatoms. The van der Waals surface area contributed by atoms with E-state index in [2.05, 4.69) is 41.0 Å². The molecule has 0 unspecified atom stereocenters. The average Bonchev–Trinajstić information content (AvgIpc) is 2.23. The Hall–Kier alpha value is -1.04. The number of nitrogens with zero attached hydrogens (tertiary/aromatic N) is 3. The molecule has 0 aliphatic carbocycles. The fourth-order valence-corrected chi connectivity index (χ4v) is 1.83. The summed E-state index contributed by atoms with van der Waals surface area (Å²) in [5.74, 6) is 0.540. The molecular formula is C11H20N4OS. The predicted octanol–water partition coefficient (Wildman–Crippen LogP) is 2.59. The van der Waals surface area contributed by atoms with Crippen molar-refractivity contribution in [3.63, 3.8) is 0 Å². The fraction of sp³-hybridized carbons (Fsp3) is 0.727. The molecule has 17 heavy (non-hydrogen) atoms. The van der Waals surface area contributed by atoms with E-state index in [0.29, 0.717) is 23.7 Å². The van der Waals surface area contributed by atoms with Crippen molar-refractivity contribution in [2.45, 2.75) is 44.0 Å². The molecule has 0 saturated heterocycles. The van der Waals surface area contributed by atoms with Gasteiger partial charge in [-0.25, -0.2) is 0 Å². The van der Waals surface area contributed by atoms with Gasteiger partial charge in [0.2, 0.25) is 5.95 Å². The van der Waals surface area contributed by atoms with Crippen LogP contribution in [-0.4, -0.2) is 33.4 Å². The quantitative estimate of drug-likeness (QED) is 0.817. The highest BCUT2D eigenvalue weighted by molar-refractivity contribution is 8.00. The third-order valence-corrected chi connectivity index (χ3v) is 2.63. The standard InChI is InChI=1S/C11H20N4OS/c1-6-7-16-9-13-8(12-5)14-10(15-9)17-11(2,3)4/h6-7H2,1-5H3,(H,12,13,14,15). The van der Waals surface area contributed by atoms with Crippen molar-refractivity contribution in [3.05, 3.63) is 0 Å². The maximum absolute atomic E-state index is 5.44. The lowest BCUT2D eigenvalue weighted by molar-refractivity contribution is 0.288. The van der Waals surface area contributed by atoms with E-state index in [9.17, 15) is 0 Å². The van der Waals surface area contributed by atoms with E-state index >= 15 is 0 Å². The molecule has 1 aromatic rings. The van der Waals surface area contributed by atoms with Gasteiger partial charge in [-0.3, -0.25) is 0 Å². The second-order valence-electron chi connectivity index (χ2n) is 4.54. The molecule has 0 saturated carbocycles. The van der Waals surface area contributed by atoms with Gasteiger partial charge in [-0.15, -0.1) is 0 Å². The van der Waals surface area contributed by atoms with Crippen LogP contribution in [0.5, 0.6) is 6.01 Å². The number of thioether (sulfide) groups is 1. The summed E-state index contributed by atoms with van der Waals surface area (Å²) < 4.78 is 5.50. The summed E-state index contributed by atoms with van der Waals surface area (Å²) in [5, 5.41) is 3.60. The minimum Gasteiger partial charge on any atom is -0.463 e. The second-order valence-corrected chi connectivity index (χ2v) is 6.33. The van der Waals surface area contributed by atoms with Gasteiger partial charge < -0.3 is 10.1 Å². The fourth-order valence-electron chi connectivity index (χ4n) is 1.03. The van der Waals surface area contributed by atoms with Crippen LogP contribution in [0.25, 0.3) is 0 Å². The molecule has 0 spiro atoms. The van der Waals surface area contributed by atoms with Crippen molar-refractivity contribution in [2.24, 2.45) is 0 Å². The first-order chi connectivity index (χ1) is 7.94. The number of hydrogen-bond donors (Lipinski definition) is 1. The van der Waals surface area contributed by atoms with Crippen LogP contribution in [0.3, 0.4) is 0 Å². The van der Waals surface area contributed by atoms with Gasteiger partial charge in [0, 0.05) is 11.8 Å². The molecule has 1 aromatic heterocycles. The summed E-state index contributed by atoms with van der Waals surface area (Å²) in [6.45, 7) is 9.02. The van der Waals surface area contributed by atoms with Crippen LogP contribution in [-0.2, 0) is 0 Å². The molecule has 0 amide bonds. The number of ether oxygens (including phenoxy) is 1. The molecule has 0 aromatic carbocycles. The molecule has 96 valence electrons. The van der Waals surface area contributed by atoms with Gasteiger partial charge in [0.05, 0.1) is 6.61 Å². The Labute approximate surface area is 107 Å². The zero-order valence-corrected chi connectivity index (χ0v) is 11.9. The summed E-state index contributed by atoms with van der Waals surface area (Å²) in [4.78, 5) is 12.7. The molecule has 0 aliphatic rings. The number of aromatic nitrogens is 3. The van der Waals surface area contributed by atoms with Crippen LogP contribution < -0.4 is 10.1 Å². The molecule has 5 nitrogen and oxygen atoms in total. The molecule has 1 rings (SSSR count). The highest BCUT2D eigenvalue weighted by Gasteiger charge is 2.16. The monoisotopic (exact) mass is 256 g/mol. The summed E-state index contributed by atoms with van der Waals surface area (Å²) in [6, 6.07) is 0.387. The molecule has 0 fully saturated rings. The van der Waals surface area contributed by atoms with E-state index in [1.54, 1.807) is 18.8 Å². The first-order valence-corrected chi connectivity index (χ1v) is 6.52. The van der Waals surface area contributed by atoms with E-state index in [4.69, 9.17) is 4.74 Å². The van der Waals surface area contributed by atoms with Crippen molar-refractivity contribution >= 4 is 17.7 Å². The van der Waals surface area contributed by atoms with Crippen LogP contribution in [0.15, 0.2) is 5.16 Å². The third kappa shape index (κ3) is 5.21. The van der Waals surface area contributed by atoms with Gasteiger partial charge >= 0.3 is 6.01 Å². The van der Waals surface area contributed by atoms with Crippen LogP contribution in [0.2, 0.25) is 0 Å². The van der Waals surface area contributed by atoms with Crippen molar-refractivity contribution in [2.75, 3.05) is 19.0 Å². The topological polar surface area (TPSA) is 59.9 Å². The Morgan fingerprint density at radius 3 is 2.47 bits per heavy atom. The molecule has 0 radical (unpaired) electrons. The van der Waals surface area contributed by atoms with Crippen molar-refractivity contribution in [3.8, 4) is 6.01 Å². The van der Waals surface area contributed by atoms with Gasteiger partial charge in [0.1, 0.15) is 0 Å². The Morgan fingerprint density at radius 1 is 1.24 bits per heavy atom. The Morgan fingerprint density at radius 2 is 1.94 bits per heavy atom. The lowest BCUT2D eigenvalue weighted by atomic mass is 10.3. The first-order valence-electron chi connectivity index (χ1n) is 5.70. The van der Waals surface area contributed by atoms with Crippen LogP contribution in [0, 0.1) is 0 Å². The average molecular weight is 256 g/mol. The number of hydrogen-bond acceptors (Lipinski definition) is 6. The molecule has 0 atom stereocenters. The van der Waals surface area contributed by atoms with E-state index in [-0.39, 0.29) is 4.75 Å². The maximum Gasteiger partial charge on any atom is 0.322 e. The molecule has 1 heterocycles. The smallest absolute Gasteiger partial charge is 0.322 e. The van der Waals surface area contributed by atoms with E-state index in [1.807, 2.05) is 6.92 Å². The Kier molecular flexibility index (Phi) is 4.99. The lowest BCUT2D eigenvalue weighted by Gasteiger charge is -2.16. The zero-order valence-electron chi connectivity index (χ0n) is 11.1. The predicted molar refractivity (Wildman–Crippen MR) is 70.8 cm³/mol. The molecule has 0 bridgehead atoms. The highest BCUT2D eigenvalue weighted by Crippen LogP contribution is 2.30. The van der Waals surface area contributed by atoms with Gasteiger partial charge in [-0.2, -0.15) is 15.0 Å². The lowest BCUT2D eigenvalue weighted by Crippen LogP contribution is -2.11. The number of anilines is 1. The minimum absolute atomic E-state index is 0.0639. The SMILES string of the molecule is CCCOc1nc(NC)nc(SC(C)(C)C)n1. The van der Waals surface area contributed by atoms with Gasteiger partial charge in [0.25, 0.3) is 0 Å². The Bertz CT molecular complexity index is 365. The van der Waals surface area contributed by atoms with Crippen molar-refractivity contribution < 1.29 is 4.74 Å². The largest absolute Gasteiger partial charge is 0.463 e. The van der Waals surface area contributed by atoms with Crippen LogP contribution in [0.1, 0.15) is 34.1 Å². The summed E-state index contributed by atoms with van der Waals surface area (Å²) in [6.07, 6.45) is 0.933. The van der Waals surface area contributed by atoms with E-state index in [1.165, 1.54) is 0 Å². The number of rotatable bonds is 5. The number of nitrogens with one attached hydrogen (secondary N) is 1. The normalized spacial score (nSPS) is 11.4. The van der Waals surface area contributed by atoms with Gasteiger partial charge in [-0.05, 0) is 6.42 Å². The minimum atomic E-state index is 0.0639. The molecule has 1 N–H and O–H groups in total. The van der Waals surface area contributed by atoms with Crippen molar-refractivity contribution in [1.29, 1.82) is 0 Å². The maximum atomic E-state index is 5.44. The zero-order chi connectivity index (χ0) is 12.9.